The zero-order valence-electron chi connectivity index (χ0n) is 8.50. The van der Waals surface area contributed by atoms with Crippen LogP contribution in [0.1, 0.15) is 23.6 Å². The van der Waals surface area contributed by atoms with E-state index in [2.05, 4.69) is 32.0 Å². The fourth-order valence-electron chi connectivity index (χ4n) is 1.30. The molecule has 1 aromatic rings. The van der Waals surface area contributed by atoms with E-state index < -0.39 is 0 Å². The highest BCUT2D eigenvalue weighted by Gasteiger charge is 1.96. The highest BCUT2D eigenvalue weighted by atomic mass is 16.5. The molecule has 0 bridgehead atoms. The van der Waals surface area contributed by atoms with Gasteiger partial charge < -0.3 is 4.74 Å². The Morgan fingerprint density at radius 3 is 2.38 bits per heavy atom. The Hall–Kier alpha value is -1.24. The van der Waals surface area contributed by atoms with Crippen LogP contribution in [-0.2, 0) is 4.74 Å². The summed E-state index contributed by atoms with van der Waals surface area (Å²) in [5.74, 6) is 0. The molecule has 0 aliphatic carbocycles. The summed E-state index contributed by atoms with van der Waals surface area (Å²) in [5.41, 5.74) is 3.84. The second-order valence-electron chi connectivity index (χ2n) is 3.06. The van der Waals surface area contributed by atoms with Gasteiger partial charge in [0.05, 0.1) is 12.9 Å². The first-order valence-electron chi connectivity index (χ1n) is 4.60. The number of hydrogen-bond donors (Lipinski definition) is 0. The molecule has 13 heavy (non-hydrogen) atoms. The van der Waals surface area contributed by atoms with E-state index in [-0.39, 0.29) is 0 Å². The molecule has 1 aromatic carbocycles. The topological polar surface area (TPSA) is 9.23 Å². The molecule has 0 atom stereocenters. The summed E-state index contributed by atoms with van der Waals surface area (Å²) in [7, 11) is 0. The van der Waals surface area contributed by atoms with Crippen molar-refractivity contribution in [2.24, 2.45) is 0 Å². The third-order valence-electron chi connectivity index (χ3n) is 2.04. The predicted molar refractivity (Wildman–Crippen MR) is 56.6 cm³/mol. The average Bonchev–Trinajstić information content (AvgIpc) is 2.10. The van der Waals surface area contributed by atoms with E-state index in [4.69, 9.17) is 4.74 Å². The predicted octanol–water partition coefficient (Wildman–Crippen LogP) is 3.31. The minimum Gasteiger partial charge on any atom is -0.501 e. The van der Waals surface area contributed by atoms with Crippen molar-refractivity contribution in [2.75, 3.05) is 6.61 Å². The van der Waals surface area contributed by atoms with Gasteiger partial charge in [-0.1, -0.05) is 18.2 Å². The normalized spacial score (nSPS) is 10.7. The van der Waals surface area contributed by atoms with Gasteiger partial charge in [-0.2, -0.15) is 0 Å². The molecule has 0 aliphatic rings. The van der Waals surface area contributed by atoms with Gasteiger partial charge >= 0.3 is 0 Å². The standard InChI is InChI=1S/C12H16O/c1-4-13-9-8-12-10(2)6-5-7-11(12)3/h5-9H,4H2,1-3H3. The lowest BCUT2D eigenvalue weighted by molar-refractivity contribution is 0.272. The van der Waals surface area contributed by atoms with Crippen LogP contribution in [0.3, 0.4) is 0 Å². The van der Waals surface area contributed by atoms with E-state index in [9.17, 15) is 0 Å². The van der Waals surface area contributed by atoms with Crippen molar-refractivity contribution in [3.8, 4) is 0 Å². The lowest BCUT2D eigenvalue weighted by Crippen LogP contribution is -1.85. The third kappa shape index (κ3) is 2.62. The van der Waals surface area contributed by atoms with Crippen molar-refractivity contribution < 1.29 is 4.74 Å². The molecule has 0 fully saturated rings. The second kappa shape index (κ2) is 4.70. The second-order valence-corrected chi connectivity index (χ2v) is 3.06. The molecule has 0 radical (unpaired) electrons. The summed E-state index contributed by atoms with van der Waals surface area (Å²) >= 11 is 0. The van der Waals surface area contributed by atoms with Crippen LogP contribution in [0.25, 0.3) is 6.08 Å². The van der Waals surface area contributed by atoms with Gasteiger partial charge in [-0.05, 0) is 43.5 Å². The van der Waals surface area contributed by atoms with E-state index in [0.717, 1.165) is 6.61 Å². The number of aryl methyl sites for hydroxylation is 2. The van der Waals surface area contributed by atoms with Gasteiger partial charge in [0.25, 0.3) is 0 Å². The molecule has 0 spiro atoms. The molecular weight excluding hydrogens is 160 g/mol. The summed E-state index contributed by atoms with van der Waals surface area (Å²) in [4.78, 5) is 0. The van der Waals surface area contributed by atoms with Crippen LogP contribution in [0.5, 0.6) is 0 Å². The van der Waals surface area contributed by atoms with Crippen molar-refractivity contribution >= 4 is 6.08 Å². The quantitative estimate of drug-likeness (QED) is 0.642. The van der Waals surface area contributed by atoms with Crippen molar-refractivity contribution in [2.45, 2.75) is 20.8 Å². The molecule has 0 unspecified atom stereocenters. The van der Waals surface area contributed by atoms with Gasteiger partial charge in [-0.15, -0.1) is 0 Å². The number of rotatable bonds is 3. The number of benzene rings is 1. The van der Waals surface area contributed by atoms with E-state index >= 15 is 0 Å². The van der Waals surface area contributed by atoms with Crippen molar-refractivity contribution in [3.63, 3.8) is 0 Å². The summed E-state index contributed by atoms with van der Waals surface area (Å²) in [6.45, 7) is 6.92. The fourth-order valence-corrected chi connectivity index (χ4v) is 1.30. The fraction of sp³-hybridized carbons (Fsp3) is 0.333. The molecule has 0 saturated carbocycles. The Balaban J connectivity index is 2.87. The summed E-state index contributed by atoms with van der Waals surface area (Å²) < 4.78 is 5.17. The zero-order valence-corrected chi connectivity index (χ0v) is 8.50. The maximum absolute atomic E-state index is 5.17. The first-order valence-corrected chi connectivity index (χ1v) is 4.60. The lowest BCUT2D eigenvalue weighted by atomic mass is 10.0. The SMILES string of the molecule is CCOC=Cc1c(C)cccc1C. The van der Waals surface area contributed by atoms with E-state index in [0.29, 0.717) is 0 Å². The van der Waals surface area contributed by atoms with E-state index in [1.54, 1.807) is 6.26 Å². The van der Waals surface area contributed by atoms with Gasteiger partial charge in [-0.3, -0.25) is 0 Å². The minimum absolute atomic E-state index is 0.724. The van der Waals surface area contributed by atoms with E-state index in [1.807, 2.05) is 13.0 Å². The molecule has 0 aromatic heterocycles. The summed E-state index contributed by atoms with van der Waals surface area (Å²) in [5, 5.41) is 0. The minimum atomic E-state index is 0.724. The summed E-state index contributed by atoms with van der Waals surface area (Å²) in [6, 6.07) is 6.29. The van der Waals surface area contributed by atoms with Gasteiger partial charge in [0.1, 0.15) is 0 Å². The zero-order chi connectivity index (χ0) is 9.68. The van der Waals surface area contributed by atoms with Crippen LogP contribution in [0.2, 0.25) is 0 Å². The summed E-state index contributed by atoms with van der Waals surface area (Å²) in [6.07, 6.45) is 3.78. The molecule has 0 N–H and O–H groups in total. The van der Waals surface area contributed by atoms with Crippen LogP contribution >= 0.6 is 0 Å². The smallest absolute Gasteiger partial charge is 0.0845 e. The maximum atomic E-state index is 5.17. The highest BCUT2D eigenvalue weighted by molar-refractivity contribution is 5.56. The monoisotopic (exact) mass is 176 g/mol. The third-order valence-corrected chi connectivity index (χ3v) is 2.04. The van der Waals surface area contributed by atoms with Crippen molar-refractivity contribution in [3.05, 3.63) is 41.2 Å². The Bertz CT molecular complexity index is 280. The van der Waals surface area contributed by atoms with Crippen molar-refractivity contribution in [1.29, 1.82) is 0 Å². The van der Waals surface area contributed by atoms with Crippen LogP contribution in [0, 0.1) is 13.8 Å². The van der Waals surface area contributed by atoms with Gasteiger partial charge in [0, 0.05) is 0 Å². The lowest BCUT2D eigenvalue weighted by Gasteiger charge is -2.03. The van der Waals surface area contributed by atoms with Crippen LogP contribution < -0.4 is 0 Å². The molecule has 1 heteroatoms. The number of hydrogen-bond acceptors (Lipinski definition) is 1. The first kappa shape index (κ1) is 9.85. The molecule has 0 saturated heterocycles. The Kier molecular flexibility index (Phi) is 3.56. The number of ether oxygens (including phenoxy) is 1. The molecule has 1 nitrogen and oxygen atoms in total. The maximum Gasteiger partial charge on any atom is 0.0845 e. The first-order chi connectivity index (χ1) is 6.25. The van der Waals surface area contributed by atoms with Gasteiger partial charge in [0.15, 0.2) is 0 Å². The van der Waals surface area contributed by atoms with Crippen LogP contribution in [0.4, 0.5) is 0 Å². The Morgan fingerprint density at radius 2 is 1.85 bits per heavy atom. The van der Waals surface area contributed by atoms with Crippen molar-refractivity contribution in [1.82, 2.24) is 0 Å². The largest absolute Gasteiger partial charge is 0.501 e. The van der Waals surface area contributed by atoms with E-state index in [1.165, 1.54) is 16.7 Å². The Labute approximate surface area is 80.0 Å². The Morgan fingerprint density at radius 1 is 1.23 bits per heavy atom. The van der Waals surface area contributed by atoms with Crippen LogP contribution in [-0.4, -0.2) is 6.61 Å². The molecular formula is C12H16O. The van der Waals surface area contributed by atoms with Gasteiger partial charge in [0.2, 0.25) is 0 Å². The molecule has 70 valence electrons. The molecule has 0 heterocycles. The average molecular weight is 176 g/mol. The van der Waals surface area contributed by atoms with Crippen LogP contribution in [0.15, 0.2) is 24.5 Å². The molecule has 0 amide bonds. The molecule has 0 aliphatic heterocycles. The van der Waals surface area contributed by atoms with Gasteiger partial charge in [-0.25, -0.2) is 0 Å². The highest BCUT2D eigenvalue weighted by Crippen LogP contribution is 2.14. The molecule has 1 rings (SSSR count).